The van der Waals surface area contributed by atoms with Gasteiger partial charge in [-0.25, -0.2) is 0 Å². The van der Waals surface area contributed by atoms with Gasteiger partial charge in [0.15, 0.2) is 0 Å². The first kappa shape index (κ1) is 14.0. The van der Waals surface area contributed by atoms with Gasteiger partial charge in [-0.3, -0.25) is 9.59 Å². The summed E-state index contributed by atoms with van der Waals surface area (Å²) in [5.41, 5.74) is 0.875. The van der Waals surface area contributed by atoms with E-state index in [1.54, 1.807) is 0 Å². The van der Waals surface area contributed by atoms with E-state index < -0.39 is 0 Å². The van der Waals surface area contributed by atoms with Crippen molar-refractivity contribution in [2.24, 2.45) is 17.8 Å². The molecule has 0 aliphatic heterocycles. The number of ketones is 1. The Labute approximate surface area is 132 Å². The van der Waals surface area contributed by atoms with Crippen LogP contribution < -0.4 is 5.32 Å². The highest BCUT2D eigenvalue weighted by Gasteiger charge is 2.41. The summed E-state index contributed by atoms with van der Waals surface area (Å²) in [5.74, 6) is 0.758. The Bertz CT molecular complexity index is 527. The molecule has 1 aromatic carbocycles. The Morgan fingerprint density at radius 2 is 1.80 bits per heavy atom. The summed E-state index contributed by atoms with van der Waals surface area (Å²) < 4.78 is 1.05. The third-order valence-corrected chi connectivity index (χ3v) is 5.49. The molecule has 106 valence electrons. The molecule has 3 nitrogen and oxygen atoms in total. The lowest BCUT2D eigenvalue weighted by Gasteiger charge is -2.37. The predicted molar refractivity (Wildman–Crippen MR) is 86.4 cm³/mol. The Morgan fingerprint density at radius 1 is 1.15 bits per heavy atom. The van der Waals surface area contributed by atoms with Gasteiger partial charge in [0.1, 0.15) is 5.78 Å². The molecule has 2 aliphatic carbocycles. The highest BCUT2D eigenvalue weighted by Crippen LogP contribution is 2.40. The SMILES string of the molecule is O=C(Nc1ccccc1I)C1CC2CCCC(C1)C2=O. The number of carbonyl (C=O) groups excluding carboxylic acids is 2. The molecule has 2 saturated carbocycles. The van der Waals surface area contributed by atoms with Crippen LogP contribution in [0.2, 0.25) is 0 Å². The zero-order valence-corrected chi connectivity index (χ0v) is 13.4. The topological polar surface area (TPSA) is 46.2 Å². The third kappa shape index (κ3) is 2.75. The van der Waals surface area contributed by atoms with Crippen molar-refractivity contribution in [2.45, 2.75) is 32.1 Å². The number of anilines is 1. The maximum absolute atomic E-state index is 12.4. The first-order chi connectivity index (χ1) is 9.65. The number of rotatable bonds is 2. The Hall–Kier alpha value is -0.910. The summed E-state index contributed by atoms with van der Waals surface area (Å²) in [5, 5.41) is 3.03. The molecule has 2 atom stereocenters. The van der Waals surface area contributed by atoms with E-state index in [1.165, 1.54) is 0 Å². The second kappa shape index (κ2) is 5.84. The smallest absolute Gasteiger partial charge is 0.227 e. The monoisotopic (exact) mass is 383 g/mol. The average Bonchev–Trinajstić information content (AvgIpc) is 2.41. The van der Waals surface area contributed by atoms with Gasteiger partial charge in [-0.1, -0.05) is 18.6 Å². The summed E-state index contributed by atoms with van der Waals surface area (Å²) in [6.07, 6.45) is 4.57. The maximum atomic E-state index is 12.4. The van der Waals surface area contributed by atoms with Gasteiger partial charge in [0.05, 0.1) is 5.69 Å². The molecule has 1 aromatic rings. The maximum Gasteiger partial charge on any atom is 0.227 e. The fourth-order valence-electron chi connectivity index (χ4n) is 3.49. The fraction of sp³-hybridized carbons (Fsp3) is 0.500. The standard InChI is InChI=1S/C16H18INO2/c17-13-6-1-2-7-14(13)18-16(20)12-8-10-4-3-5-11(9-12)15(10)19/h1-2,6-7,10-12H,3-5,8-9H2,(H,18,20). The van der Waals surface area contributed by atoms with Crippen LogP contribution in [-0.2, 0) is 9.59 Å². The van der Waals surface area contributed by atoms with Gasteiger partial charge >= 0.3 is 0 Å². The third-order valence-electron chi connectivity index (χ3n) is 4.55. The van der Waals surface area contributed by atoms with Crippen LogP contribution in [0.3, 0.4) is 0 Å². The molecule has 2 bridgehead atoms. The van der Waals surface area contributed by atoms with E-state index in [9.17, 15) is 9.59 Å². The number of amides is 1. The van der Waals surface area contributed by atoms with E-state index in [4.69, 9.17) is 0 Å². The Balaban J connectivity index is 1.69. The summed E-state index contributed by atoms with van der Waals surface area (Å²) in [7, 11) is 0. The van der Waals surface area contributed by atoms with Crippen LogP contribution in [-0.4, -0.2) is 11.7 Å². The molecule has 0 aromatic heterocycles. The molecule has 1 N–H and O–H groups in total. The van der Waals surface area contributed by atoms with Crippen LogP contribution in [0.5, 0.6) is 0 Å². The highest BCUT2D eigenvalue weighted by atomic mass is 127. The van der Waals surface area contributed by atoms with Crippen LogP contribution in [0, 0.1) is 21.3 Å². The van der Waals surface area contributed by atoms with Crippen molar-refractivity contribution in [3.05, 3.63) is 27.8 Å². The normalized spacial score (nSPS) is 29.1. The molecule has 2 fully saturated rings. The van der Waals surface area contributed by atoms with E-state index in [0.29, 0.717) is 5.78 Å². The number of halogens is 1. The zero-order chi connectivity index (χ0) is 14.1. The second-order valence-electron chi connectivity index (χ2n) is 5.86. The van der Waals surface area contributed by atoms with Crippen LogP contribution in [0.1, 0.15) is 32.1 Å². The Morgan fingerprint density at radius 3 is 2.45 bits per heavy atom. The summed E-state index contributed by atoms with van der Waals surface area (Å²) in [6, 6.07) is 7.79. The highest BCUT2D eigenvalue weighted by molar-refractivity contribution is 14.1. The van der Waals surface area contributed by atoms with Gasteiger partial charge in [0.25, 0.3) is 0 Å². The molecular formula is C16H18INO2. The quantitative estimate of drug-likeness (QED) is 0.793. The number of benzene rings is 1. The number of para-hydroxylation sites is 1. The van der Waals surface area contributed by atoms with Crippen molar-refractivity contribution in [3.63, 3.8) is 0 Å². The summed E-state index contributed by atoms with van der Waals surface area (Å²) in [4.78, 5) is 24.5. The minimum absolute atomic E-state index is 0.000920. The van der Waals surface area contributed by atoms with E-state index in [2.05, 4.69) is 27.9 Å². The molecule has 4 heteroatoms. The molecule has 2 aliphatic rings. The lowest BCUT2D eigenvalue weighted by Crippen LogP contribution is -2.40. The Kier molecular flexibility index (Phi) is 4.10. The summed E-state index contributed by atoms with van der Waals surface area (Å²) in [6.45, 7) is 0. The number of hydrogen-bond acceptors (Lipinski definition) is 2. The van der Waals surface area contributed by atoms with Crippen molar-refractivity contribution in [3.8, 4) is 0 Å². The molecule has 1 amide bonds. The van der Waals surface area contributed by atoms with Crippen LogP contribution in [0.25, 0.3) is 0 Å². The first-order valence-electron chi connectivity index (χ1n) is 7.24. The number of hydrogen-bond donors (Lipinski definition) is 1. The second-order valence-corrected chi connectivity index (χ2v) is 7.03. The van der Waals surface area contributed by atoms with Gasteiger partial charge in [0.2, 0.25) is 5.91 Å². The van der Waals surface area contributed by atoms with Crippen molar-refractivity contribution in [1.29, 1.82) is 0 Å². The van der Waals surface area contributed by atoms with Gasteiger partial charge < -0.3 is 5.32 Å². The van der Waals surface area contributed by atoms with E-state index in [-0.39, 0.29) is 23.7 Å². The minimum Gasteiger partial charge on any atom is -0.325 e. The van der Waals surface area contributed by atoms with Gasteiger partial charge in [-0.05, 0) is 60.4 Å². The minimum atomic E-state index is -0.000920. The van der Waals surface area contributed by atoms with Crippen LogP contribution in [0.4, 0.5) is 5.69 Å². The lowest BCUT2D eigenvalue weighted by molar-refractivity contribution is -0.136. The average molecular weight is 383 g/mol. The van der Waals surface area contributed by atoms with Gasteiger partial charge in [0, 0.05) is 21.3 Å². The van der Waals surface area contributed by atoms with Gasteiger partial charge in [-0.15, -0.1) is 0 Å². The molecule has 3 rings (SSSR count). The van der Waals surface area contributed by atoms with Crippen molar-refractivity contribution in [2.75, 3.05) is 5.32 Å². The molecule has 2 unspecified atom stereocenters. The van der Waals surface area contributed by atoms with Crippen molar-refractivity contribution >= 4 is 40.0 Å². The molecule has 0 spiro atoms. The first-order valence-corrected chi connectivity index (χ1v) is 8.32. The van der Waals surface area contributed by atoms with Crippen LogP contribution in [0.15, 0.2) is 24.3 Å². The zero-order valence-electron chi connectivity index (χ0n) is 11.3. The van der Waals surface area contributed by atoms with Crippen LogP contribution >= 0.6 is 22.6 Å². The van der Waals surface area contributed by atoms with E-state index in [0.717, 1.165) is 41.4 Å². The molecule has 20 heavy (non-hydrogen) atoms. The lowest BCUT2D eigenvalue weighted by atomic mass is 9.67. The van der Waals surface area contributed by atoms with Crippen molar-refractivity contribution in [1.82, 2.24) is 0 Å². The van der Waals surface area contributed by atoms with Gasteiger partial charge in [-0.2, -0.15) is 0 Å². The largest absolute Gasteiger partial charge is 0.325 e. The molecule has 0 saturated heterocycles. The molecule has 0 heterocycles. The number of Topliss-reactive ketones (excluding diaryl/α,β-unsaturated/α-hetero) is 1. The number of nitrogens with one attached hydrogen (secondary N) is 1. The van der Waals surface area contributed by atoms with E-state index in [1.807, 2.05) is 24.3 Å². The van der Waals surface area contributed by atoms with E-state index >= 15 is 0 Å². The molecular weight excluding hydrogens is 365 g/mol. The predicted octanol–water partition coefficient (Wildman–Crippen LogP) is 3.63. The van der Waals surface area contributed by atoms with Crippen molar-refractivity contribution < 1.29 is 9.59 Å². The molecule has 0 radical (unpaired) electrons. The number of carbonyl (C=O) groups is 2. The summed E-state index contributed by atoms with van der Waals surface area (Å²) >= 11 is 2.23. The number of fused-ring (bicyclic) bond motifs is 2. The fourth-order valence-corrected chi connectivity index (χ4v) is 4.01.